The third-order valence-corrected chi connectivity index (χ3v) is 9.04. The maximum atomic E-state index is 11.6. The molecule has 0 spiro atoms. The number of carbonyl (C=O) groups excluding carboxylic acids is 2. The fourth-order valence-electron chi connectivity index (χ4n) is 6.03. The molecule has 55 heavy (non-hydrogen) atoms. The molecular formula is C41H56N10O4. The number of pyridine rings is 2. The molecule has 0 aliphatic heterocycles. The lowest BCUT2D eigenvalue weighted by Gasteiger charge is -2.20. The minimum Gasteiger partial charge on any atom is -0.497 e. The van der Waals surface area contributed by atoms with Crippen LogP contribution in [-0.4, -0.2) is 67.8 Å². The van der Waals surface area contributed by atoms with Crippen LogP contribution in [0.2, 0.25) is 0 Å². The summed E-state index contributed by atoms with van der Waals surface area (Å²) in [6.45, 7) is 8.06. The van der Waals surface area contributed by atoms with Crippen LogP contribution < -0.4 is 31.2 Å². The first kappa shape index (κ1) is 42.1. The van der Waals surface area contributed by atoms with Crippen molar-refractivity contribution in [3.8, 4) is 11.5 Å². The number of anilines is 4. The molecule has 1 aromatic carbocycles. The zero-order chi connectivity index (χ0) is 39.6. The van der Waals surface area contributed by atoms with Gasteiger partial charge in [-0.2, -0.15) is 9.97 Å². The highest BCUT2D eigenvalue weighted by atomic mass is 16.5. The predicted octanol–water partition coefficient (Wildman–Crippen LogP) is 7.94. The van der Waals surface area contributed by atoms with E-state index in [0.717, 1.165) is 85.0 Å². The minimum atomic E-state index is 0.142. The Morgan fingerprint density at radius 1 is 0.727 bits per heavy atom. The number of fused-ring (bicyclic) bond motifs is 2. The zero-order valence-corrected chi connectivity index (χ0v) is 33.0. The van der Waals surface area contributed by atoms with Crippen molar-refractivity contribution in [3.05, 3.63) is 60.4 Å². The van der Waals surface area contributed by atoms with Gasteiger partial charge in [-0.3, -0.25) is 9.97 Å². The van der Waals surface area contributed by atoms with Crippen LogP contribution in [0.1, 0.15) is 97.5 Å². The summed E-state index contributed by atoms with van der Waals surface area (Å²) in [5.41, 5.74) is 9.64. The first-order chi connectivity index (χ1) is 26.6. The van der Waals surface area contributed by atoms with Crippen molar-refractivity contribution in [2.75, 3.05) is 35.9 Å². The molecule has 5 rings (SSSR count). The van der Waals surface area contributed by atoms with Crippen molar-refractivity contribution in [1.82, 2.24) is 29.9 Å². The summed E-state index contributed by atoms with van der Waals surface area (Å²) in [7, 11) is 3.26. The lowest BCUT2D eigenvalue weighted by Crippen LogP contribution is -2.22. The van der Waals surface area contributed by atoms with Gasteiger partial charge in [0.2, 0.25) is 11.9 Å². The molecule has 5 aromatic rings. The molecule has 0 unspecified atom stereocenters. The van der Waals surface area contributed by atoms with E-state index >= 15 is 0 Å². The quantitative estimate of drug-likeness (QED) is 0.0564. The van der Waals surface area contributed by atoms with Crippen LogP contribution in [0, 0.1) is 0 Å². The molecule has 5 N–H and O–H groups in total. The van der Waals surface area contributed by atoms with Crippen LogP contribution in [-0.2, 0) is 16.1 Å². The van der Waals surface area contributed by atoms with Gasteiger partial charge < -0.3 is 40.7 Å². The van der Waals surface area contributed by atoms with Crippen molar-refractivity contribution in [1.29, 1.82) is 0 Å². The number of hydrogen-bond donors (Lipinski definition) is 4. The Bertz CT molecular complexity index is 1990. The lowest BCUT2D eigenvalue weighted by atomic mass is 10.0. The number of ether oxygens (including phenoxy) is 2. The highest BCUT2D eigenvalue weighted by molar-refractivity contribution is 5.87. The van der Waals surface area contributed by atoms with Crippen molar-refractivity contribution < 1.29 is 19.1 Å². The molecule has 0 amide bonds. The molecule has 4 aromatic heterocycles. The molecule has 14 heteroatoms. The van der Waals surface area contributed by atoms with E-state index in [4.69, 9.17) is 20.2 Å². The van der Waals surface area contributed by atoms with E-state index in [1.54, 1.807) is 40.5 Å². The van der Waals surface area contributed by atoms with E-state index in [1.165, 1.54) is 0 Å². The van der Waals surface area contributed by atoms with Gasteiger partial charge >= 0.3 is 0 Å². The second kappa shape index (κ2) is 21.9. The SMILES string of the molecule is CCCC[C@H](CCC(C)=O)Nc1nc(N)nc2cccnc12.CCCC[C@H](CCC(C)=O)Nc1nc(NCc2ccc(OC)cc2OC)nc2cccnc12. The number of benzene rings is 1. The Kier molecular flexibility index (Phi) is 16.8. The van der Waals surface area contributed by atoms with E-state index < -0.39 is 0 Å². The second-order valence-corrected chi connectivity index (χ2v) is 13.5. The normalized spacial score (nSPS) is 12.0. The zero-order valence-electron chi connectivity index (χ0n) is 33.0. The van der Waals surface area contributed by atoms with Gasteiger partial charge in [-0.1, -0.05) is 39.5 Å². The number of nitrogens with one attached hydrogen (secondary N) is 3. The number of rotatable bonds is 21. The minimum absolute atomic E-state index is 0.142. The van der Waals surface area contributed by atoms with Crippen LogP contribution in [0.3, 0.4) is 0 Å². The standard InChI is InChI=1S/C25H33N5O3.C16H23N5O/c1-5-6-8-19(12-10-17(2)31)28-24-23-21(9-7-14-26-23)29-25(30-24)27-16-18-11-13-20(32-3)15-22(18)33-4;1-3-4-6-12(9-8-11(2)22)19-15-14-13(7-5-10-18-14)20-16(17)21-15/h7,9,11,13-15,19H,5-6,8,10,12,16H2,1-4H3,(H2,27,28,29,30);5,7,10,12H,3-4,6,8-9H2,1-2H3,(H3,17,19,20,21)/t19-;12-/m11/s1. The van der Waals surface area contributed by atoms with Crippen molar-refractivity contribution in [3.63, 3.8) is 0 Å². The van der Waals surface area contributed by atoms with E-state index in [2.05, 4.69) is 54.7 Å². The molecular weight excluding hydrogens is 697 g/mol. The smallest absolute Gasteiger partial charge is 0.225 e. The maximum Gasteiger partial charge on any atom is 0.225 e. The molecule has 294 valence electrons. The Morgan fingerprint density at radius 3 is 1.82 bits per heavy atom. The van der Waals surface area contributed by atoms with Gasteiger partial charge in [0.15, 0.2) is 11.6 Å². The summed E-state index contributed by atoms with van der Waals surface area (Å²) in [5.74, 6) is 3.90. The number of methoxy groups -OCH3 is 2. The maximum absolute atomic E-state index is 11.6. The number of hydrogen-bond acceptors (Lipinski definition) is 14. The molecule has 0 fully saturated rings. The van der Waals surface area contributed by atoms with Crippen LogP contribution >= 0.6 is 0 Å². The summed E-state index contributed by atoms with van der Waals surface area (Å²) < 4.78 is 10.8. The van der Waals surface area contributed by atoms with Crippen molar-refractivity contribution >= 4 is 57.2 Å². The van der Waals surface area contributed by atoms with Gasteiger partial charge in [0.05, 0.1) is 25.3 Å². The van der Waals surface area contributed by atoms with Gasteiger partial charge in [-0.05, 0) is 75.9 Å². The highest BCUT2D eigenvalue weighted by Gasteiger charge is 2.17. The summed E-state index contributed by atoms with van der Waals surface area (Å²) in [4.78, 5) is 49.5. The first-order valence-electron chi connectivity index (χ1n) is 19.1. The van der Waals surface area contributed by atoms with E-state index in [1.807, 2.05) is 42.5 Å². The number of ketones is 2. The molecule has 0 aliphatic rings. The molecule has 0 aliphatic carbocycles. The number of carbonyl (C=O) groups is 2. The number of unbranched alkanes of at least 4 members (excludes halogenated alkanes) is 2. The largest absolute Gasteiger partial charge is 0.497 e. The summed E-state index contributed by atoms with van der Waals surface area (Å²) in [5, 5.41) is 10.3. The summed E-state index contributed by atoms with van der Waals surface area (Å²) in [6, 6.07) is 13.5. The third-order valence-electron chi connectivity index (χ3n) is 9.04. The van der Waals surface area contributed by atoms with Gasteiger partial charge in [0.25, 0.3) is 0 Å². The van der Waals surface area contributed by atoms with Crippen LogP contribution in [0.25, 0.3) is 22.1 Å². The first-order valence-corrected chi connectivity index (χ1v) is 19.1. The molecule has 0 radical (unpaired) electrons. The van der Waals surface area contributed by atoms with E-state index in [9.17, 15) is 9.59 Å². The molecule has 0 saturated heterocycles. The van der Waals surface area contributed by atoms with Gasteiger partial charge in [-0.25, -0.2) is 9.97 Å². The monoisotopic (exact) mass is 752 g/mol. The molecule has 4 heterocycles. The lowest BCUT2D eigenvalue weighted by molar-refractivity contribution is -0.118. The van der Waals surface area contributed by atoms with Gasteiger partial charge in [0.1, 0.15) is 34.1 Å². The fraction of sp³-hybridized carbons (Fsp3) is 0.463. The van der Waals surface area contributed by atoms with Gasteiger partial charge in [0, 0.05) is 55.5 Å². The van der Waals surface area contributed by atoms with E-state index in [-0.39, 0.29) is 29.6 Å². The molecule has 0 saturated carbocycles. The number of aromatic nitrogens is 6. The average Bonchev–Trinajstić information content (AvgIpc) is 3.19. The summed E-state index contributed by atoms with van der Waals surface area (Å²) >= 11 is 0. The second-order valence-electron chi connectivity index (χ2n) is 13.5. The Morgan fingerprint density at radius 2 is 1.29 bits per heavy atom. The predicted molar refractivity (Wildman–Crippen MR) is 220 cm³/mol. The number of nitrogens with zero attached hydrogens (tertiary/aromatic N) is 6. The van der Waals surface area contributed by atoms with Crippen LogP contribution in [0.5, 0.6) is 11.5 Å². The fourth-order valence-corrected chi connectivity index (χ4v) is 6.03. The van der Waals surface area contributed by atoms with E-state index in [0.29, 0.717) is 42.5 Å². The van der Waals surface area contributed by atoms with Crippen LogP contribution in [0.4, 0.5) is 23.5 Å². The topological polar surface area (TPSA) is 192 Å². The molecule has 2 atom stereocenters. The Labute approximate surface area is 323 Å². The van der Waals surface area contributed by atoms with Gasteiger partial charge in [-0.15, -0.1) is 0 Å². The third kappa shape index (κ3) is 13.3. The molecule has 0 bridgehead atoms. The summed E-state index contributed by atoms with van der Waals surface area (Å²) in [6.07, 6.45) is 12.4. The number of nitrogens with two attached hydrogens (primary N) is 1. The number of Topliss-reactive ketones (excluding diaryl/α,β-unsaturated/α-hetero) is 2. The van der Waals surface area contributed by atoms with Crippen LogP contribution in [0.15, 0.2) is 54.9 Å². The molecule has 14 nitrogen and oxygen atoms in total. The van der Waals surface area contributed by atoms with Crippen molar-refractivity contribution in [2.24, 2.45) is 0 Å². The average molecular weight is 753 g/mol. The Balaban J connectivity index is 0.000000265. The highest BCUT2D eigenvalue weighted by Crippen LogP contribution is 2.27. The van der Waals surface area contributed by atoms with Crippen molar-refractivity contribution in [2.45, 2.75) is 111 Å². The number of nitrogen functional groups attached to an aromatic ring is 1. The Hall–Kier alpha value is -5.66.